The van der Waals surface area contributed by atoms with Crippen molar-refractivity contribution in [2.75, 3.05) is 43.5 Å². The fourth-order valence-corrected chi connectivity index (χ4v) is 4.40. The second-order valence-electron chi connectivity index (χ2n) is 6.56. The summed E-state index contributed by atoms with van der Waals surface area (Å²) in [5.74, 6) is -0.454. The average molecular weight is 433 g/mol. The minimum atomic E-state index is -3.70. The van der Waals surface area contributed by atoms with E-state index in [0.717, 1.165) is 0 Å². The van der Waals surface area contributed by atoms with Gasteiger partial charge < -0.3 is 20.7 Å². The van der Waals surface area contributed by atoms with Gasteiger partial charge in [-0.3, -0.25) is 4.79 Å². The molecule has 3 amide bonds. The monoisotopic (exact) mass is 432 g/mol. The van der Waals surface area contributed by atoms with Crippen LogP contribution >= 0.6 is 0 Å². The van der Waals surface area contributed by atoms with Gasteiger partial charge in [0.1, 0.15) is 0 Å². The molecule has 1 aliphatic rings. The topological polar surface area (TPSA) is 117 Å². The van der Waals surface area contributed by atoms with Gasteiger partial charge in [-0.15, -0.1) is 0 Å². The third kappa shape index (κ3) is 5.35. The van der Waals surface area contributed by atoms with Crippen LogP contribution in [0.2, 0.25) is 0 Å². The molecule has 0 aliphatic carbocycles. The molecule has 30 heavy (non-hydrogen) atoms. The number of carbonyl (C=O) groups is 2. The highest BCUT2D eigenvalue weighted by molar-refractivity contribution is 7.89. The minimum absolute atomic E-state index is 0.0590. The largest absolute Gasteiger partial charge is 0.379 e. The molecule has 1 fully saturated rings. The van der Waals surface area contributed by atoms with Crippen LogP contribution in [0.1, 0.15) is 17.3 Å². The molecule has 0 unspecified atom stereocenters. The Morgan fingerprint density at radius 2 is 1.67 bits per heavy atom. The number of carbonyl (C=O) groups excluding carboxylic acids is 2. The maximum Gasteiger partial charge on any atom is 0.319 e. The van der Waals surface area contributed by atoms with Gasteiger partial charge >= 0.3 is 6.03 Å². The first-order valence-electron chi connectivity index (χ1n) is 9.54. The highest BCUT2D eigenvalue weighted by Crippen LogP contribution is 2.20. The molecule has 1 aliphatic heterocycles. The van der Waals surface area contributed by atoms with E-state index in [1.165, 1.54) is 22.5 Å². The summed E-state index contributed by atoms with van der Waals surface area (Å²) in [5, 5.41) is 8.01. The summed E-state index contributed by atoms with van der Waals surface area (Å²) in [6.07, 6.45) is 0. The smallest absolute Gasteiger partial charge is 0.319 e. The average Bonchev–Trinajstić information content (AvgIpc) is 2.75. The van der Waals surface area contributed by atoms with Crippen molar-refractivity contribution in [3.63, 3.8) is 0 Å². The number of nitrogens with zero attached hydrogens (tertiary/aromatic N) is 1. The molecule has 2 aromatic carbocycles. The lowest BCUT2D eigenvalue weighted by atomic mass is 10.2. The fraction of sp³-hybridized carbons (Fsp3) is 0.300. The molecule has 0 atom stereocenters. The number of hydrogen-bond donors (Lipinski definition) is 3. The molecule has 1 heterocycles. The predicted molar refractivity (Wildman–Crippen MR) is 113 cm³/mol. The Hall–Kier alpha value is -2.95. The zero-order valence-electron chi connectivity index (χ0n) is 16.6. The van der Waals surface area contributed by atoms with Crippen molar-refractivity contribution < 1.29 is 22.7 Å². The molecule has 1 saturated heterocycles. The van der Waals surface area contributed by atoms with Gasteiger partial charge in [0.25, 0.3) is 5.91 Å². The van der Waals surface area contributed by atoms with Gasteiger partial charge in [-0.25, -0.2) is 13.2 Å². The SMILES string of the molecule is CCNC(=O)Nc1cccc(NC(=O)c2cccc(S(=O)(=O)N3CCOCC3)c2)c1. The number of urea groups is 1. The van der Waals surface area contributed by atoms with Crippen LogP contribution in [-0.2, 0) is 14.8 Å². The van der Waals surface area contributed by atoms with Crippen molar-refractivity contribution in [3.8, 4) is 0 Å². The van der Waals surface area contributed by atoms with Crippen LogP contribution in [0.4, 0.5) is 16.2 Å². The summed E-state index contributed by atoms with van der Waals surface area (Å²) in [5.41, 5.74) is 1.20. The van der Waals surface area contributed by atoms with E-state index in [1.54, 1.807) is 30.3 Å². The normalized spacial score (nSPS) is 14.7. The van der Waals surface area contributed by atoms with E-state index in [-0.39, 0.29) is 29.6 Å². The molecule has 9 nitrogen and oxygen atoms in total. The lowest BCUT2D eigenvalue weighted by Crippen LogP contribution is -2.40. The maximum atomic E-state index is 12.8. The Bertz CT molecular complexity index is 1020. The van der Waals surface area contributed by atoms with Gasteiger partial charge in [-0.1, -0.05) is 12.1 Å². The third-order valence-electron chi connectivity index (χ3n) is 4.42. The summed E-state index contributed by atoms with van der Waals surface area (Å²) in [6.45, 7) is 3.56. The van der Waals surface area contributed by atoms with Crippen molar-refractivity contribution in [2.24, 2.45) is 0 Å². The van der Waals surface area contributed by atoms with Crippen molar-refractivity contribution in [3.05, 3.63) is 54.1 Å². The lowest BCUT2D eigenvalue weighted by molar-refractivity contribution is 0.0730. The van der Waals surface area contributed by atoms with Crippen molar-refractivity contribution >= 4 is 33.3 Å². The number of rotatable bonds is 6. The number of morpholine rings is 1. The molecule has 3 rings (SSSR count). The number of anilines is 2. The van der Waals surface area contributed by atoms with E-state index in [4.69, 9.17) is 4.74 Å². The number of amides is 3. The van der Waals surface area contributed by atoms with E-state index in [9.17, 15) is 18.0 Å². The van der Waals surface area contributed by atoms with Gasteiger partial charge in [0.05, 0.1) is 18.1 Å². The molecule has 160 valence electrons. The first-order chi connectivity index (χ1) is 14.4. The summed E-state index contributed by atoms with van der Waals surface area (Å²) in [6, 6.07) is 12.2. The highest BCUT2D eigenvalue weighted by Gasteiger charge is 2.26. The van der Waals surface area contributed by atoms with Crippen LogP contribution in [0.15, 0.2) is 53.4 Å². The standard InChI is InChI=1S/C20H24N4O5S/c1-2-21-20(26)23-17-7-4-6-16(14-17)22-19(25)15-5-3-8-18(13-15)30(27,28)24-9-11-29-12-10-24/h3-8,13-14H,2,9-12H2,1H3,(H,22,25)(H2,21,23,26). The molecule has 0 aromatic heterocycles. The molecular weight excluding hydrogens is 408 g/mol. The number of benzene rings is 2. The first kappa shape index (κ1) is 21.8. The Morgan fingerprint density at radius 3 is 2.37 bits per heavy atom. The second kappa shape index (κ2) is 9.70. The Morgan fingerprint density at radius 1 is 1.00 bits per heavy atom. The quantitative estimate of drug-likeness (QED) is 0.646. The van der Waals surface area contributed by atoms with Crippen LogP contribution in [-0.4, -0.2) is 57.5 Å². The third-order valence-corrected chi connectivity index (χ3v) is 6.31. The summed E-state index contributed by atoms with van der Waals surface area (Å²) < 4.78 is 32.2. The highest BCUT2D eigenvalue weighted by atomic mass is 32.2. The Balaban J connectivity index is 1.73. The maximum absolute atomic E-state index is 12.8. The van der Waals surface area contributed by atoms with E-state index < -0.39 is 15.9 Å². The van der Waals surface area contributed by atoms with E-state index in [2.05, 4.69) is 16.0 Å². The molecule has 0 bridgehead atoms. The molecular formula is C20H24N4O5S. The minimum Gasteiger partial charge on any atom is -0.379 e. The summed E-state index contributed by atoms with van der Waals surface area (Å²) >= 11 is 0. The molecule has 0 saturated carbocycles. The Labute approximate surface area is 175 Å². The number of sulfonamides is 1. The van der Waals surface area contributed by atoms with Crippen LogP contribution in [0.25, 0.3) is 0 Å². The van der Waals surface area contributed by atoms with Crippen LogP contribution in [0.3, 0.4) is 0 Å². The Kier molecular flexibility index (Phi) is 7.03. The predicted octanol–water partition coefficient (Wildman–Crippen LogP) is 2.10. The number of ether oxygens (including phenoxy) is 1. The van der Waals surface area contributed by atoms with Gasteiger partial charge in [-0.2, -0.15) is 4.31 Å². The van der Waals surface area contributed by atoms with Crippen molar-refractivity contribution in [1.29, 1.82) is 0 Å². The van der Waals surface area contributed by atoms with Gasteiger partial charge in [-0.05, 0) is 43.3 Å². The van der Waals surface area contributed by atoms with Gasteiger partial charge in [0.2, 0.25) is 10.0 Å². The van der Waals surface area contributed by atoms with E-state index in [0.29, 0.717) is 31.1 Å². The van der Waals surface area contributed by atoms with Crippen molar-refractivity contribution in [2.45, 2.75) is 11.8 Å². The van der Waals surface area contributed by atoms with Crippen LogP contribution in [0, 0.1) is 0 Å². The van der Waals surface area contributed by atoms with E-state index >= 15 is 0 Å². The molecule has 2 aromatic rings. The fourth-order valence-electron chi connectivity index (χ4n) is 2.95. The number of nitrogens with one attached hydrogen (secondary N) is 3. The van der Waals surface area contributed by atoms with Crippen molar-refractivity contribution in [1.82, 2.24) is 9.62 Å². The molecule has 10 heteroatoms. The van der Waals surface area contributed by atoms with Crippen LogP contribution in [0.5, 0.6) is 0 Å². The molecule has 3 N–H and O–H groups in total. The van der Waals surface area contributed by atoms with Crippen LogP contribution < -0.4 is 16.0 Å². The first-order valence-corrected chi connectivity index (χ1v) is 11.0. The molecule has 0 spiro atoms. The van der Waals surface area contributed by atoms with Gasteiger partial charge in [0, 0.05) is 36.6 Å². The van der Waals surface area contributed by atoms with E-state index in [1.807, 2.05) is 6.92 Å². The summed E-state index contributed by atoms with van der Waals surface area (Å²) in [4.78, 5) is 24.4. The summed E-state index contributed by atoms with van der Waals surface area (Å²) in [7, 11) is -3.70. The second-order valence-corrected chi connectivity index (χ2v) is 8.50. The zero-order chi connectivity index (χ0) is 21.6. The van der Waals surface area contributed by atoms with Gasteiger partial charge in [0.15, 0.2) is 0 Å². The number of hydrogen-bond acceptors (Lipinski definition) is 5. The molecule has 0 radical (unpaired) electrons. The lowest BCUT2D eigenvalue weighted by Gasteiger charge is -2.26. The zero-order valence-corrected chi connectivity index (χ0v) is 17.4.